The highest BCUT2D eigenvalue weighted by molar-refractivity contribution is 6.99. The van der Waals surface area contributed by atoms with E-state index < -0.39 is 14.2 Å². The van der Waals surface area contributed by atoms with Crippen molar-refractivity contribution in [3.05, 3.63) is 118 Å². The van der Waals surface area contributed by atoms with E-state index >= 15 is 0 Å². The summed E-state index contributed by atoms with van der Waals surface area (Å²) in [6, 6.07) is 27.5. The Bertz CT molecular complexity index is 1720. The number of likely N-dealkylation sites (N-methyl/N-ethyl adjacent to an activating group) is 1. The van der Waals surface area contributed by atoms with Gasteiger partial charge in [0.1, 0.15) is 5.82 Å². The SMILES string of the molecule is CC(=O)Nc1ccc(/C=C/C(=O)NCC(=O)N(C)c2ccc(Cl)c(CCO[Si](c3ccccc3)(c3ccccc3)C(C)(C)C)c2Cl)cn1. The molecule has 1 heterocycles. The summed E-state index contributed by atoms with van der Waals surface area (Å²) in [6.45, 7) is 8.17. The maximum absolute atomic E-state index is 13.1. The van der Waals surface area contributed by atoms with Gasteiger partial charge in [0.05, 0.1) is 17.3 Å². The molecule has 3 amide bonds. The van der Waals surface area contributed by atoms with Crippen molar-refractivity contribution in [2.45, 2.75) is 39.2 Å². The smallest absolute Gasteiger partial charge is 0.261 e. The van der Waals surface area contributed by atoms with Crippen molar-refractivity contribution in [3.63, 3.8) is 0 Å². The molecule has 0 atom stereocenters. The van der Waals surface area contributed by atoms with Crippen LogP contribution in [0.2, 0.25) is 15.1 Å². The largest absolute Gasteiger partial charge is 0.407 e. The molecule has 4 aromatic rings. The number of carbonyl (C=O) groups excluding carboxylic acids is 3. The van der Waals surface area contributed by atoms with Crippen LogP contribution in [0.1, 0.15) is 38.8 Å². The number of benzene rings is 3. The second-order valence-corrected chi connectivity index (χ2v) is 17.4. The molecule has 48 heavy (non-hydrogen) atoms. The van der Waals surface area contributed by atoms with Crippen LogP contribution in [-0.4, -0.2) is 51.2 Å². The van der Waals surface area contributed by atoms with Gasteiger partial charge in [0.25, 0.3) is 8.32 Å². The number of amides is 3. The van der Waals surface area contributed by atoms with Crippen LogP contribution >= 0.6 is 23.2 Å². The number of rotatable bonds is 12. The van der Waals surface area contributed by atoms with Gasteiger partial charge in [0, 0.05) is 37.9 Å². The molecule has 0 aliphatic heterocycles. The van der Waals surface area contributed by atoms with E-state index in [1.54, 1.807) is 37.4 Å². The van der Waals surface area contributed by atoms with Crippen LogP contribution in [0.5, 0.6) is 0 Å². The predicted molar refractivity (Wildman–Crippen MR) is 198 cm³/mol. The minimum Gasteiger partial charge on any atom is -0.407 e. The van der Waals surface area contributed by atoms with Gasteiger partial charge < -0.3 is 20.0 Å². The van der Waals surface area contributed by atoms with Crippen molar-refractivity contribution in [3.8, 4) is 0 Å². The van der Waals surface area contributed by atoms with Gasteiger partial charge in [-0.2, -0.15) is 0 Å². The van der Waals surface area contributed by atoms with Gasteiger partial charge in [-0.15, -0.1) is 0 Å². The maximum atomic E-state index is 13.1. The molecule has 0 aliphatic carbocycles. The minimum absolute atomic E-state index is 0.188. The second kappa shape index (κ2) is 16.2. The standard InChI is InChI=1S/C37H40Cl2N4O4Si/c1-26(44)42-33-20-16-27(24-40-33)17-21-34(45)41-25-35(46)43(5)32-19-18-31(38)30(36(32)39)22-23-47-48(37(2,3)4,28-12-8-6-9-13-28)29-14-10-7-11-15-29/h6-21,24H,22-23,25H2,1-5H3,(H,41,45)(H,40,42,44)/b21-17+. The second-order valence-electron chi connectivity index (χ2n) is 12.3. The van der Waals surface area contributed by atoms with Crippen molar-refractivity contribution in [2.75, 3.05) is 30.4 Å². The van der Waals surface area contributed by atoms with E-state index in [4.69, 9.17) is 27.6 Å². The van der Waals surface area contributed by atoms with Crippen molar-refractivity contribution < 1.29 is 18.8 Å². The lowest BCUT2D eigenvalue weighted by atomic mass is 10.1. The number of hydrogen-bond donors (Lipinski definition) is 2. The van der Waals surface area contributed by atoms with Gasteiger partial charge in [0.2, 0.25) is 17.7 Å². The fraction of sp³-hybridized carbons (Fsp3) is 0.243. The molecule has 250 valence electrons. The van der Waals surface area contributed by atoms with Gasteiger partial charge in [-0.1, -0.05) is 105 Å². The van der Waals surface area contributed by atoms with Crippen LogP contribution in [0.3, 0.4) is 0 Å². The lowest BCUT2D eigenvalue weighted by Crippen LogP contribution is -2.66. The first-order valence-corrected chi connectivity index (χ1v) is 18.2. The van der Waals surface area contributed by atoms with Crippen LogP contribution < -0.4 is 25.9 Å². The van der Waals surface area contributed by atoms with E-state index in [0.29, 0.717) is 45.7 Å². The number of anilines is 2. The highest BCUT2D eigenvalue weighted by atomic mass is 35.5. The van der Waals surface area contributed by atoms with E-state index in [1.807, 2.05) is 36.4 Å². The third-order valence-corrected chi connectivity index (χ3v) is 13.7. The Morgan fingerprint density at radius 3 is 2.08 bits per heavy atom. The highest BCUT2D eigenvalue weighted by Crippen LogP contribution is 2.38. The van der Waals surface area contributed by atoms with Crippen LogP contribution in [0.4, 0.5) is 11.5 Å². The van der Waals surface area contributed by atoms with Gasteiger partial charge in [-0.05, 0) is 63.3 Å². The molecular formula is C37H40Cl2N4O4Si. The molecule has 0 aliphatic rings. The molecule has 0 bridgehead atoms. The number of pyridine rings is 1. The number of carbonyl (C=O) groups is 3. The summed E-state index contributed by atoms with van der Waals surface area (Å²) < 4.78 is 7.04. The molecule has 11 heteroatoms. The Morgan fingerprint density at radius 1 is 0.917 bits per heavy atom. The van der Waals surface area contributed by atoms with Crippen LogP contribution in [-0.2, 0) is 25.2 Å². The van der Waals surface area contributed by atoms with Gasteiger partial charge in [-0.3, -0.25) is 14.4 Å². The Morgan fingerprint density at radius 2 is 1.54 bits per heavy atom. The molecule has 0 saturated heterocycles. The van der Waals surface area contributed by atoms with Gasteiger partial charge in [-0.25, -0.2) is 4.98 Å². The molecule has 0 saturated carbocycles. The third kappa shape index (κ3) is 8.79. The zero-order chi connectivity index (χ0) is 34.9. The van der Waals surface area contributed by atoms with Crippen molar-refractivity contribution in [1.82, 2.24) is 10.3 Å². The average molecular weight is 704 g/mol. The molecule has 1 aromatic heterocycles. The summed E-state index contributed by atoms with van der Waals surface area (Å²) in [5, 5.41) is 8.18. The molecule has 0 radical (unpaired) electrons. The Kier molecular flexibility index (Phi) is 12.3. The first-order valence-electron chi connectivity index (χ1n) is 15.5. The summed E-state index contributed by atoms with van der Waals surface area (Å²) in [6.07, 6.45) is 4.82. The van der Waals surface area contributed by atoms with Crippen LogP contribution in [0.25, 0.3) is 6.08 Å². The quantitative estimate of drug-likeness (QED) is 0.134. The third-order valence-electron chi connectivity index (χ3n) is 7.92. The van der Waals surface area contributed by atoms with E-state index in [2.05, 4.69) is 60.7 Å². The Hall–Kier alpha value is -4.28. The van der Waals surface area contributed by atoms with Crippen LogP contribution in [0.15, 0.2) is 97.2 Å². The highest BCUT2D eigenvalue weighted by Gasteiger charge is 2.50. The lowest BCUT2D eigenvalue weighted by Gasteiger charge is -2.43. The summed E-state index contributed by atoms with van der Waals surface area (Å²) in [5.74, 6) is -0.632. The summed E-state index contributed by atoms with van der Waals surface area (Å²) >= 11 is 13.6. The number of hydrogen-bond acceptors (Lipinski definition) is 5. The molecule has 2 N–H and O–H groups in total. The summed E-state index contributed by atoms with van der Waals surface area (Å²) in [7, 11) is -1.16. The molecule has 0 fully saturated rings. The predicted octanol–water partition coefficient (Wildman–Crippen LogP) is 6.26. The molecule has 0 unspecified atom stereocenters. The van der Waals surface area contributed by atoms with Gasteiger partial charge in [0.15, 0.2) is 0 Å². The average Bonchev–Trinajstić information content (AvgIpc) is 3.06. The van der Waals surface area contributed by atoms with Crippen molar-refractivity contribution >= 4 is 77.2 Å². The van der Waals surface area contributed by atoms with Gasteiger partial charge >= 0.3 is 0 Å². The number of nitrogens with one attached hydrogen (secondary N) is 2. The minimum atomic E-state index is -2.77. The summed E-state index contributed by atoms with van der Waals surface area (Å²) in [4.78, 5) is 42.2. The molecule has 4 rings (SSSR count). The normalized spacial score (nSPS) is 11.7. The zero-order valence-corrected chi connectivity index (χ0v) is 30.2. The molecule has 3 aromatic carbocycles. The Labute approximate surface area is 293 Å². The fourth-order valence-corrected chi connectivity index (χ4v) is 10.8. The van der Waals surface area contributed by atoms with E-state index in [0.717, 1.165) is 0 Å². The number of aromatic nitrogens is 1. The topological polar surface area (TPSA) is 101 Å². The van der Waals surface area contributed by atoms with E-state index in [9.17, 15) is 14.4 Å². The monoisotopic (exact) mass is 702 g/mol. The zero-order valence-electron chi connectivity index (χ0n) is 27.7. The van der Waals surface area contributed by atoms with Crippen molar-refractivity contribution in [1.29, 1.82) is 0 Å². The molecule has 8 nitrogen and oxygen atoms in total. The maximum Gasteiger partial charge on any atom is 0.261 e. The first-order chi connectivity index (χ1) is 22.8. The number of nitrogens with zero attached hydrogens (tertiary/aromatic N) is 2. The fourth-order valence-electron chi connectivity index (χ4n) is 5.55. The first kappa shape index (κ1) is 36.6. The van der Waals surface area contributed by atoms with E-state index in [-0.39, 0.29) is 23.4 Å². The molecular weight excluding hydrogens is 663 g/mol. The lowest BCUT2D eigenvalue weighted by molar-refractivity contribution is -0.122. The summed E-state index contributed by atoms with van der Waals surface area (Å²) in [5.41, 5.74) is 1.81. The van der Waals surface area contributed by atoms with E-state index in [1.165, 1.54) is 34.5 Å². The molecule has 0 spiro atoms. The van der Waals surface area contributed by atoms with Crippen molar-refractivity contribution in [2.24, 2.45) is 0 Å². The Balaban J connectivity index is 1.45. The number of halogens is 2. The van der Waals surface area contributed by atoms with Crippen LogP contribution in [0, 0.1) is 0 Å².